The molecule has 3 rings (SSSR count). The zero-order valence-corrected chi connectivity index (χ0v) is 10.3. The molecule has 0 fully saturated rings. The fourth-order valence-corrected chi connectivity index (χ4v) is 2.19. The molecule has 2 N–H and O–H groups in total. The first-order chi connectivity index (χ1) is 8.66. The van der Waals surface area contributed by atoms with E-state index < -0.39 is 0 Å². The Morgan fingerprint density at radius 1 is 1.22 bits per heavy atom. The van der Waals surface area contributed by atoms with Crippen LogP contribution >= 0.6 is 0 Å². The van der Waals surface area contributed by atoms with Gasteiger partial charge in [-0.25, -0.2) is 9.97 Å². The van der Waals surface area contributed by atoms with Gasteiger partial charge in [0.1, 0.15) is 0 Å². The van der Waals surface area contributed by atoms with Gasteiger partial charge in [-0.2, -0.15) is 0 Å². The minimum absolute atomic E-state index is 0.304. The zero-order valence-electron chi connectivity index (χ0n) is 10.3. The van der Waals surface area contributed by atoms with Gasteiger partial charge in [-0.05, 0) is 13.0 Å². The van der Waals surface area contributed by atoms with Crippen molar-refractivity contribution in [3.8, 4) is 11.1 Å². The molecule has 0 saturated heterocycles. The van der Waals surface area contributed by atoms with E-state index in [-0.39, 0.29) is 0 Å². The SMILES string of the molecule is Cc1nc(N)ncc1-c1cn(C)c2cnccc12. The van der Waals surface area contributed by atoms with Crippen LogP contribution in [0.2, 0.25) is 0 Å². The summed E-state index contributed by atoms with van der Waals surface area (Å²) in [6.07, 6.45) is 7.48. The van der Waals surface area contributed by atoms with Crippen molar-refractivity contribution in [2.24, 2.45) is 7.05 Å². The third kappa shape index (κ3) is 1.52. The van der Waals surface area contributed by atoms with Gasteiger partial charge >= 0.3 is 0 Å². The van der Waals surface area contributed by atoms with Crippen LogP contribution in [0.3, 0.4) is 0 Å². The van der Waals surface area contributed by atoms with Crippen LogP contribution in [0.4, 0.5) is 5.95 Å². The number of hydrogen-bond acceptors (Lipinski definition) is 4. The number of nitrogens with two attached hydrogens (primary N) is 1. The Bertz CT molecular complexity index is 729. The minimum Gasteiger partial charge on any atom is -0.368 e. The van der Waals surface area contributed by atoms with E-state index in [9.17, 15) is 0 Å². The van der Waals surface area contributed by atoms with Crippen molar-refractivity contribution >= 4 is 16.9 Å². The average molecular weight is 239 g/mol. The van der Waals surface area contributed by atoms with Crippen LogP contribution in [0.5, 0.6) is 0 Å². The highest BCUT2D eigenvalue weighted by atomic mass is 15.0. The Balaban J connectivity index is 2.32. The number of rotatable bonds is 1. The van der Waals surface area contributed by atoms with Gasteiger partial charge in [0.15, 0.2) is 0 Å². The van der Waals surface area contributed by atoms with Gasteiger partial charge in [0.05, 0.1) is 17.4 Å². The third-order valence-corrected chi connectivity index (χ3v) is 3.08. The number of anilines is 1. The van der Waals surface area contributed by atoms with E-state index in [0.29, 0.717) is 5.95 Å². The smallest absolute Gasteiger partial charge is 0.220 e. The first-order valence-electron chi connectivity index (χ1n) is 5.65. The standard InChI is InChI=1S/C13H13N5/c1-8-10(5-16-13(14)17-8)11-7-18(2)12-6-15-4-3-9(11)12/h3-7H,1-2H3,(H2,14,16,17). The molecule has 0 spiro atoms. The molecular formula is C13H13N5. The lowest BCUT2D eigenvalue weighted by molar-refractivity contribution is 0.965. The van der Waals surface area contributed by atoms with Gasteiger partial charge in [-0.15, -0.1) is 0 Å². The highest BCUT2D eigenvalue weighted by molar-refractivity contribution is 5.95. The second kappa shape index (κ2) is 3.80. The summed E-state index contributed by atoms with van der Waals surface area (Å²) in [6.45, 7) is 1.94. The van der Waals surface area contributed by atoms with E-state index in [1.165, 1.54) is 0 Å². The number of nitrogen functional groups attached to an aromatic ring is 1. The molecule has 0 unspecified atom stereocenters. The summed E-state index contributed by atoms with van der Waals surface area (Å²) in [6, 6.07) is 2.00. The summed E-state index contributed by atoms with van der Waals surface area (Å²) in [5, 5.41) is 1.14. The van der Waals surface area contributed by atoms with Crippen LogP contribution in [0.1, 0.15) is 5.69 Å². The normalized spacial score (nSPS) is 11.0. The fourth-order valence-electron chi connectivity index (χ4n) is 2.19. The Morgan fingerprint density at radius 2 is 2.06 bits per heavy atom. The van der Waals surface area contributed by atoms with Crippen molar-refractivity contribution in [1.29, 1.82) is 0 Å². The van der Waals surface area contributed by atoms with E-state index in [4.69, 9.17) is 5.73 Å². The van der Waals surface area contributed by atoms with Gasteiger partial charge in [-0.1, -0.05) is 0 Å². The molecule has 3 aromatic heterocycles. The van der Waals surface area contributed by atoms with Crippen molar-refractivity contribution in [3.05, 3.63) is 36.5 Å². The molecule has 5 heteroatoms. The summed E-state index contributed by atoms with van der Waals surface area (Å²) in [4.78, 5) is 12.4. The summed E-state index contributed by atoms with van der Waals surface area (Å²) < 4.78 is 2.05. The highest BCUT2D eigenvalue weighted by Crippen LogP contribution is 2.30. The second-order valence-electron chi connectivity index (χ2n) is 4.27. The van der Waals surface area contributed by atoms with Crippen LogP contribution in [-0.2, 0) is 7.05 Å². The van der Waals surface area contributed by atoms with Crippen molar-refractivity contribution in [3.63, 3.8) is 0 Å². The van der Waals surface area contributed by atoms with Crippen LogP contribution in [0, 0.1) is 6.92 Å². The van der Waals surface area contributed by atoms with Crippen LogP contribution in [0.25, 0.3) is 22.0 Å². The van der Waals surface area contributed by atoms with Crippen LogP contribution in [0.15, 0.2) is 30.9 Å². The number of hydrogen-bond donors (Lipinski definition) is 1. The summed E-state index contributed by atoms with van der Waals surface area (Å²) in [5.41, 5.74) is 9.66. The van der Waals surface area contributed by atoms with Crippen LogP contribution in [-0.4, -0.2) is 19.5 Å². The van der Waals surface area contributed by atoms with E-state index >= 15 is 0 Å². The van der Waals surface area contributed by atoms with Gasteiger partial charge in [0.2, 0.25) is 5.95 Å². The molecule has 0 aromatic carbocycles. The maximum absolute atomic E-state index is 5.59. The quantitative estimate of drug-likeness (QED) is 0.704. The molecule has 0 bridgehead atoms. The maximum Gasteiger partial charge on any atom is 0.220 e. The van der Waals surface area contributed by atoms with Gasteiger partial charge in [0.25, 0.3) is 0 Å². The molecule has 0 radical (unpaired) electrons. The molecule has 90 valence electrons. The third-order valence-electron chi connectivity index (χ3n) is 3.08. The maximum atomic E-state index is 5.59. The summed E-state index contributed by atoms with van der Waals surface area (Å²) in [5.74, 6) is 0.304. The Kier molecular flexibility index (Phi) is 2.26. The molecule has 5 nitrogen and oxygen atoms in total. The summed E-state index contributed by atoms with van der Waals surface area (Å²) in [7, 11) is 2.00. The largest absolute Gasteiger partial charge is 0.368 e. The number of nitrogens with zero attached hydrogens (tertiary/aromatic N) is 4. The van der Waals surface area contributed by atoms with Gasteiger partial charge < -0.3 is 10.3 Å². The molecule has 18 heavy (non-hydrogen) atoms. The van der Waals surface area contributed by atoms with Gasteiger partial charge in [0, 0.05) is 42.2 Å². The molecule has 3 heterocycles. The molecule has 0 atom stereocenters. The van der Waals surface area contributed by atoms with Crippen molar-refractivity contribution in [1.82, 2.24) is 19.5 Å². The van der Waals surface area contributed by atoms with Crippen molar-refractivity contribution in [2.75, 3.05) is 5.73 Å². The molecular weight excluding hydrogens is 226 g/mol. The lowest BCUT2D eigenvalue weighted by Crippen LogP contribution is -1.97. The van der Waals surface area contributed by atoms with Crippen molar-refractivity contribution in [2.45, 2.75) is 6.92 Å². The fraction of sp³-hybridized carbons (Fsp3) is 0.154. The molecule has 0 amide bonds. The Labute approximate surface area is 104 Å². The van der Waals surface area contributed by atoms with E-state index in [1.54, 1.807) is 12.4 Å². The number of aromatic nitrogens is 4. The molecule has 0 aliphatic rings. The van der Waals surface area contributed by atoms with Crippen molar-refractivity contribution < 1.29 is 0 Å². The molecule has 3 aromatic rings. The number of aryl methyl sites for hydroxylation is 2. The second-order valence-corrected chi connectivity index (χ2v) is 4.27. The predicted molar refractivity (Wildman–Crippen MR) is 70.9 cm³/mol. The number of pyridine rings is 1. The average Bonchev–Trinajstić information content (AvgIpc) is 2.68. The topological polar surface area (TPSA) is 69.6 Å². The monoisotopic (exact) mass is 239 g/mol. The first kappa shape index (κ1) is 10.7. The van der Waals surface area contributed by atoms with E-state index in [2.05, 4.69) is 21.1 Å². The zero-order chi connectivity index (χ0) is 12.7. The number of fused-ring (bicyclic) bond motifs is 1. The Hall–Kier alpha value is -2.43. The van der Waals surface area contributed by atoms with Crippen LogP contribution < -0.4 is 5.73 Å². The van der Waals surface area contributed by atoms with Gasteiger partial charge in [-0.3, -0.25) is 4.98 Å². The lowest BCUT2D eigenvalue weighted by atomic mass is 10.1. The predicted octanol–water partition coefficient (Wildman–Crippen LogP) is 1.92. The highest BCUT2D eigenvalue weighted by Gasteiger charge is 2.11. The lowest BCUT2D eigenvalue weighted by Gasteiger charge is -2.03. The minimum atomic E-state index is 0.304. The summed E-state index contributed by atoms with van der Waals surface area (Å²) >= 11 is 0. The Morgan fingerprint density at radius 3 is 2.83 bits per heavy atom. The van der Waals surface area contributed by atoms with E-state index in [0.717, 1.165) is 27.7 Å². The molecule has 0 aliphatic carbocycles. The first-order valence-corrected chi connectivity index (χ1v) is 5.65. The molecule has 0 aliphatic heterocycles. The molecule has 0 saturated carbocycles. The van der Waals surface area contributed by atoms with E-state index in [1.807, 2.05) is 30.8 Å².